The largest absolute Gasteiger partial charge is 0.489 e. The van der Waals surface area contributed by atoms with Gasteiger partial charge in [0.25, 0.3) is 0 Å². The summed E-state index contributed by atoms with van der Waals surface area (Å²) in [6.45, 7) is 8.12. The van der Waals surface area contributed by atoms with Crippen molar-refractivity contribution in [3.05, 3.63) is 71.1 Å². The van der Waals surface area contributed by atoms with Crippen LogP contribution in [0, 0.1) is 19.8 Å². The lowest BCUT2D eigenvalue weighted by atomic mass is 10.1. The molecular weight excluding hydrogens is 406 g/mol. The van der Waals surface area contributed by atoms with Gasteiger partial charge in [0, 0.05) is 17.8 Å². The Morgan fingerprint density at radius 1 is 0.938 bits per heavy atom. The predicted octanol–water partition coefficient (Wildman–Crippen LogP) is 5.04. The van der Waals surface area contributed by atoms with Crippen LogP contribution in [0.15, 0.2) is 53.1 Å². The molecule has 0 aliphatic heterocycles. The summed E-state index contributed by atoms with van der Waals surface area (Å²) in [6, 6.07) is 14.5. The van der Waals surface area contributed by atoms with E-state index in [1.165, 1.54) is 0 Å². The first-order valence-corrected chi connectivity index (χ1v) is 10.6. The lowest BCUT2D eigenvalue weighted by molar-refractivity contribution is -0.117. The molecule has 0 aliphatic rings. The molecule has 2 amide bonds. The zero-order valence-electron chi connectivity index (χ0n) is 18.9. The standard InChI is InChI=1S/C25H29N3O4/c1-16(2)13-24(29)26-20-7-9-21(10-8-20)27-25(30)14-19-5-11-22(12-6-19)31-15-23-17(3)28-32-18(23)4/h5-12,16H,13-15H2,1-4H3,(H,26,29)(H,27,30). The number of carbonyl (C=O) groups is 2. The van der Waals surface area contributed by atoms with Crippen LogP contribution in [-0.4, -0.2) is 17.0 Å². The minimum absolute atomic E-state index is 0.0177. The number of benzene rings is 2. The van der Waals surface area contributed by atoms with E-state index in [9.17, 15) is 9.59 Å². The SMILES string of the molecule is Cc1noc(C)c1COc1ccc(CC(=O)Nc2ccc(NC(=O)CC(C)C)cc2)cc1. The summed E-state index contributed by atoms with van der Waals surface area (Å²) < 4.78 is 10.9. The van der Waals surface area contributed by atoms with Gasteiger partial charge in [0.15, 0.2) is 0 Å². The minimum atomic E-state index is -0.119. The Morgan fingerprint density at radius 3 is 2.06 bits per heavy atom. The zero-order valence-corrected chi connectivity index (χ0v) is 18.9. The fourth-order valence-corrected chi connectivity index (χ4v) is 3.18. The van der Waals surface area contributed by atoms with E-state index in [1.807, 2.05) is 52.0 Å². The maximum Gasteiger partial charge on any atom is 0.228 e. The summed E-state index contributed by atoms with van der Waals surface area (Å²) in [6.07, 6.45) is 0.721. The van der Waals surface area contributed by atoms with Gasteiger partial charge in [-0.05, 0) is 61.7 Å². The van der Waals surface area contributed by atoms with E-state index in [-0.39, 0.29) is 18.2 Å². The van der Waals surface area contributed by atoms with Gasteiger partial charge < -0.3 is 19.9 Å². The second-order valence-electron chi connectivity index (χ2n) is 8.18. The van der Waals surface area contributed by atoms with Crippen molar-refractivity contribution in [3.63, 3.8) is 0 Å². The van der Waals surface area contributed by atoms with Crippen LogP contribution >= 0.6 is 0 Å². The summed E-state index contributed by atoms with van der Waals surface area (Å²) >= 11 is 0. The van der Waals surface area contributed by atoms with Crippen LogP contribution in [0.1, 0.15) is 42.8 Å². The number of carbonyl (C=O) groups excluding carboxylic acids is 2. The van der Waals surface area contributed by atoms with Crippen molar-refractivity contribution in [2.45, 2.75) is 47.1 Å². The fraction of sp³-hybridized carbons (Fsp3) is 0.320. The Balaban J connectivity index is 1.48. The number of nitrogens with one attached hydrogen (secondary N) is 2. The Morgan fingerprint density at radius 2 is 1.53 bits per heavy atom. The summed E-state index contributed by atoms with van der Waals surface area (Å²) in [7, 11) is 0. The molecule has 0 spiro atoms. The van der Waals surface area contributed by atoms with E-state index in [4.69, 9.17) is 9.26 Å². The van der Waals surface area contributed by atoms with E-state index in [0.717, 1.165) is 22.6 Å². The van der Waals surface area contributed by atoms with Gasteiger partial charge in [-0.15, -0.1) is 0 Å². The summed E-state index contributed by atoms with van der Waals surface area (Å²) in [4.78, 5) is 24.2. The fourth-order valence-electron chi connectivity index (χ4n) is 3.18. The predicted molar refractivity (Wildman–Crippen MR) is 124 cm³/mol. The normalized spacial score (nSPS) is 10.8. The number of anilines is 2. The van der Waals surface area contributed by atoms with Crippen molar-refractivity contribution in [2.75, 3.05) is 10.6 Å². The van der Waals surface area contributed by atoms with Gasteiger partial charge >= 0.3 is 0 Å². The van der Waals surface area contributed by atoms with Crippen molar-refractivity contribution in [2.24, 2.45) is 5.92 Å². The molecule has 2 aromatic carbocycles. The molecule has 0 fully saturated rings. The van der Waals surface area contributed by atoms with Gasteiger partial charge in [-0.1, -0.05) is 31.1 Å². The van der Waals surface area contributed by atoms with E-state index >= 15 is 0 Å². The van der Waals surface area contributed by atoms with Gasteiger partial charge in [-0.3, -0.25) is 9.59 Å². The maximum atomic E-state index is 12.4. The third kappa shape index (κ3) is 6.70. The first kappa shape index (κ1) is 23.1. The Labute approximate surface area is 188 Å². The second-order valence-corrected chi connectivity index (χ2v) is 8.18. The summed E-state index contributed by atoms with van der Waals surface area (Å²) in [5.74, 6) is 1.63. The van der Waals surface area contributed by atoms with Crippen molar-refractivity contribution in [1.82, 2.24) is 5.16 Å². The monoisotopic (exact) mass is 435 g/mol. The topological polar surface area (TPSA) is 93.5 Å². The molecule has 3 aromatic rings. The first-order chi connectivity index (χ1) is 15.3. The quantitative estimate of drug-likeness (QED) is 0.491. The number of amides is 2. The number of hydrogen-bond donors (Lipinski definition) is 2. The second kappa shape index (κ2) is 10.6. The van der Waals surface area contributed by atoms with Crippen LogP contribution in [-0.2, 0) is 22.6 Å². The smallest absolute Gasteiger partial charge is 0.228 e. The molecular formula is C25H29N3O4. The van der Waals surface area contributed by atoms with Gasteiger partial charge in [0.1, 0.15) is 18.1 Å². The molecule has 0 bridgehead atoms. The molecule has 168 valence electrons. The number of ether oxygens (including phenoxy) is 1. The zero-order chi connectivity index (χ0) is 23.1. The van der Waals surface area contributed by atoms with E-state index in [0.29, 0.717) is 36.1 Å². The lowest BCUT2D eigenvalue weighted by Crippen LogP contribution is -2.15. The molecule has 0 saturated carbocycles. The van der Waals surface area contributed by atoms with Crippen molar-refractivity contribution in [3.8, 4) is 5.75 Å². The van der Waals surface area contributed by atoms with Crippen molar-refractivity contribution < 1.29 is 18.8 Å². The third-order valence-electron chi connectivity index (χ3n) is 4.90. The molecule has 7 nitrogen and oxygen atoms in total. The van der Waals surface area contributed by atoms with Crippen LogP contribution in [0.25, 0.3) is 0 Å². The number of rotatable bonds is 9. The van der Waals surface area contributed by atoms with Crippen LogP contribution in [0.5, 0.6) is 5.75 Å². The number of nitrogens with zero attached hydrogens (tertiary/aromatic N) is 1. The lowest BCUT2D eigenvalue weighted by Gasteiger charge is -2.10. The van der Waals surface area contributed by atoms with E-state index in [1.54, 1.807) is 24.3 Å². The molecule has 1 heterocycles. The molecule has 2 N–H and O–H groups in total. The Hall–Kier alpha value is -3.61. The van der Waals surface area contributed by atoms with Crippen molar-refractivity contribution in [1.29, 1.82) is 0 Å². The molecule has 7 heteroatoms. The Kier molecular flexibility index (Phi) is 7.65. The Bertz CT molecular complexity index is 1030. The molecule has 3 rings (SSSR count). The molecule has 0 atom stereocenters. The minimum Gasteiger partial charge on any atom is -0.489 e. The van der Waals surface area contributed by atoms with Gasteiger partial charge in [-0.2, -0.15) is 0 Å². The van der Waals surface area contributed by atoms with Crippen molar-refractivity contribution >= 4 is 23.2 Å². The summed E-state index contributed by atoms with van der Waals surface area (Å²) in [5.41, 5.74) is 4.03. The van der Waals surface area contributed by atoms with Crippen LogP contribution < -0.4 is 15.4 Å². The highest BCUT2D eigenvalue weighted by Crippen LogP contribution is 2.19. The number of hydrogen-bond acceptors (Lipinski definition) is 5. The van der Waals surface area contributed by atoms with Gasteiger partial charge in [0.2, 0.25) is 11.8 Å². The highest BCUT2D eigenvalue weighted by Gasteiger charge is 2.10. The number of aromatic nitrogens is 1. The highest BCUT2D eigenvalue weighted by molar-refractivity contribution is 5.93. The molecule has 0 unspecified atom stereocenters. The molecule has 32 heavy (non-hydrogen) atoms. The molecule has 0 aliphatic carbocycles. The molecule has 1 aromatic heterocycles. The average Bonchev–Trinajstić information content (AvgIpc) is 3.06. The third-order valence-corrected chi connectivity index (χ3v) is 4.90. The van der Waals surface area contributed by atoms with Crippen LogP contribution in [0.4, 0.5) is 11.4 Å². The van der Waals surface area contributed by atoms with E-state index < -0.39 is 0 Å². The summed E-state index contributed by atoms with van der Waals surface area (Å²) in [5, 5.41) is 9.64. The highest BCUT2D eigenvalue weighted by atomic mass is 16.5. The average molecular weight is 436 g/mol. The van der Waals surface area contributed by atoms with Gasteiger partial charge in [-0.25, -0.2) is 0 Å². The van der Waals surface area contributed by atoms with Crippen LogP contribution in [0.2, 0.25) is 0 Å². The molecule has 0 radical (unpaired) electrons. The molecule has 0 saturated heterocycles. The first-order valence-electron chi connectivity index (χ1n) is 10.6. The van der Waals surface area contributed by atoms with Gasteiger partial charge in [0.05, 0.1) is 17.7 Å². The van der Waals surface area contributed by atoms with Crippen LogP contribution in [0.3, 0.4) is 0 Å². The maximum absolute atomic E-state index is 12.4. The van der Waals surface area contributed by atoms with E-state index in [2.05, 4.69) is 15.8 Å². The number of aryl methyl sites for hydroxylation is 2.